The van der Waals surface area contributed by atoms with Crippen molar-refractivity contribution in [2.45, 2.75) is 0 Å². The molecule has 3 aromatic rings. The molecule has 1 aliphatic rings. The van der Waals surface area contributed by atoms with Crippen LogP contribution in [0.15, 0.2) is 75.1 Å². The molecule has 2 heterocycles. The highest BCUT2D eigenvalue weighted by atomic mass is 79.9. The maximum atomic E-state index is 12.9. The Morgan fingerprint density at radius 1 is 0.968 bits per heavy atom. The van der Waals surface area contributed by atoms with E-state index in [1.807, 2.05) is 0 Å². The molecule has 31 heavy (non-hydrogen) atoms. The van der Waals surface area contributed by atoms with Crippen LogP contribution in [0.2, 0.25) is 0 Å². The van der Waals surface area contributed by atoms with Crippen molar-refractivity contribution >= 4 is 51.5 Å². The average Bonchev–Trinajstić information content (AvgIpc) is 3.21. The number of hydrogen-bond acceptors (Lipinski definition) is 6. The van der Waals surface area contributed by atoms with Gasteiger partial charge in [0.05, 0.1) is 11.7 Å². The molecule has 0 spiro atoms. The van der Waals surface area contributed by atoms with Gasteiger partial charge in [-0.3, -0.25) is 14.9 Å². The standard InChI is InChI=1S/C22H13BrN2O6/c23-14-5-7-15(8-6-14)25-20(27)17(19(26)24-22(25)30)11-16-9-10-18(31-16)12-1-3-13(4-2-12)21(28)29/h1-11H,(H,28,29)(H,24,26,30)/p-1/b17-11+. The zero-order valence-electron chi connectivity index (χ0n) is 15.6. The summed E-state index contributed by atoms with van der Waals surface area (Å²) in [5.74, 6) is -2.29. The molecule has 0 unspecified atom stereocenters. The molecular weight excluding hydrogens is 468 g/mol. The Bertz CT molecular complexity index is 1240. The maximum absolute atomic E-state index is 12.9. The lowest BCUT2D eigenvalue weighted by Crippen LogP contribution is -2.54. The summed E-state index contributed by atoms with van der Waals surface area (Å²) in [6.45, 7) is 0. The second kappa shape index (κ2) is 8.04. The van der Waals surface area contributed by atoms with Crippen LogP contribution in [0.3, 0.4) is 0 Å². The fraction of sp³-hybridized carbons (Fsp3) is 0. The van der Waals surface area contributed by atoms with Crippen LogP contribution in [0.25, 0.3) is 17.4 Å². The Morgan fingerprint density at radius 2 is 1.65 bits per heavy atom. The van der Waals surface area contributed by atoms with E-state index >= 15 is 0 Å². The van der Waals surface area contributed by atoms with E-state index in [4.69, 9.17) is 4.42 Å². The minimum atomic E-state index is -1.29. The van der Waals surface area contributed by atoms with Gasteiger partial charge in [0.25, 0.3) is 11.8 Å². The van der Waals surface area contributed by atoms with Gasteiger partial charge in [-0.1, -0.05) is 40.2 Å². The fourth-order valence-electron chi connectivity index (χ4n) is 2.98. The van der Waals surface area contributed by atoms with Crippen LogP contribution in [0.4, 0.5) is 10.5 Å². The lowest BCUT2D eigenvalue weighted by atomic mass is 10.1. The monoisotopic (exact) mass is 479 g/mol. The van der Waals surface area contributed by atoms with Crippen molar-refractivity contribution in [3.05, 3.63) is 82.0 Å². The summed E-state index contributed by atoms with van der Waals surface area (Å²) in [4.78, 5) is 49.1. The summed E-state index contributed by atoms with van der Waals surface area (Å²) in [5, 5.41) is 13.0. The Hall–Kier alpha value is -3.98. The normalized spacial score (nSPS) is 15.3. The number of barbiturate groups is 1. The highest BCUT2D eigenvalue weighted by molar-refractivity contribution is 9.10. The molecule has 1 saturated heterocycles. The Kier molecular flexibility index (Phi) is 5.26. The fourth-order valence-corrected chi connectivity index (χ4v) is 3.24. The number of carboxylic acid groups (broad SMARTS) is 1. The molecule has 1 fully saturated rings. The molecule has 0 saturated carbocycles. The number of anilines is 1. The Morgan fingerprint density at radius 3 is 2.29 bits per heavy atom. The van der Waals surface area contributed by atoms with E-state index in [-0.39, 0.29) is 16.9 Å². The van der Waals surface area contributed by atoms with Crippen molar-refractivity contribution in [1.29, 1.82) is 0 Å². The molecule has 1 aliphatic heterocycles. The quantitative estimate of drug-likeness (QED) is 0.453. The smallest absolute Gasteiger partial charge is 0.335 e. The highest BCUT2D eigenvalue weighted by Gasteiger charge is 2.37. The summed E-state index contributed by atoms with van der Waals surface area (Å²) >= 11 is 3.28. The van der Waals surface area contributed by atoms with Gasteiger partial charge in [0, 0.05) is 10.0 Å². The summed E-state index contributed by atoms with van der Waals surface area (Å²) in [5.41, 5.74) is 0.661. The van der Waals surface area contributed by atoms with E-state index in [0.717, 1.165) is 9.37 Å². The third-order valence-corrected chi connectivity index (χ3v) is 5.03. The molecule has 154 valence electrons. The van der Waals surface area contributed by atoms with Crippen LogP contribution in [0.5, 0.6) is 0 Å². The largest absolute Gasteiger partial charge is 0.545 e. The van der Waals surface area contributed by atoms with E-state index < -0.39 is 23.8 Å². The number of imide groups is 2. The number of aromatic carboxylic acids is 1. The number of carboxylic acids is 1. The van der Waals surface area contributed by atoms with Gasteiger partial charge < -0.3 is 14.3 Å². The van der Waals surface area contributed by atoms with Crippen LogP contribution in [-0.4, -0.2) is 23.8 Å². The number of halogens is 1. The Labute approximate surface area is 183 Å². The third kappa shape index (κ3) is 4.03. The molecule has 1 aromatic heterocycles. The number of urea groups is 1. The topological polar surface area (TPSA) is 120 Å². The predicted molar refractivity (Wildman–Crippen MR) is 112 cm³/mol. The molecule has 0 bridgehead atoms. The number of furan rings is 1. The minimum absolute atomic E-state index is 0.0276. The molecule has 8 nitrogen and oxygen atoms in total. The highest BCUT2D eigenvalue weighted by Crippen LogP contribution is 2.26. The predicted octanol–water partition coefficient (Wildman–Crippen LogP) is 2.74. The van der Waals surface area contributed by atoms with Crippen molar-refractivity contribution in [3.63, 3.8) is 0 Å². The molecule has 1 N–H and O–H groups in total. The second-order valence-corrected chi connectivity index (χ2v) is 7.42. The van der Waals surface area contributed by atoms with Gasteiger partial charge in [-0.15, -0.1) is 0 Å². The van der Waals surface area contributed by atoms with Crippen molar-refractivity contribution in [1.82, 2.24) is 5.32 Å². The summed E-state index contributed by atoms with van der Waals surface area (Å²) in [6, 6.07) is 14.6. The number of carbonyl (C=O) groups excluding carboxylic acids is 4. The number of amides is 4. The van der Waals surface area contributed by atoms with Gasteiger partial charge in [-0.05, 0) is 48.0 Å². The number of carbonyl (C=O) groups is 4. The van der Waals surface area contributed by atoms with Crippen LogP contribution in [-0.2, 0) is 9.59 Å². The van der Waals surface area contributed by atoms with Gasteiger partial charge in [0.2, 0.25) is 0 Å². The zero-order valence-corrected chi connectivity index (χ0v) is 17.2. The summed E-state index contributed by atoms with van der Waals surface area (Å²) in [6.07, 6.45) is 1.25. The second-order valence-electron chi connectivity index (χ2n) is 6.50. The van der Waals surface area contributed by atoms with Crippen molar-refractivity contribution in [2.24, 2.45) is 0 Å². The summed E-state index contributed by atoms with van der Waals surface area (Å²) in [7, 11) is 0. The van der Waals surface area contributed by atoms with E-state index in [1.54, 1.807) is 48.5 Å². The average molecular weight is 480 g/mol. The van der Waals surface area contributed by atoms with Gasteiger partial charge >= 0.3 is 6.03 Å². The maximum Gasteiger partial charge on any atom is 0.335 e. The van der Waals surface area contributed by atoms with Crippen LogP contribution in [0, 0.1) is 0 Å². The SMILES string of the molecule is O=C1NC(=O)N(c2ccc(Br)cc2)C(=O)/C1=C/c1ccc(-c2ccc(C(=O)[O-])cc2)o1. The first-order valence-electron chi connectivity index (χ1n) is 8.92. The van der Waals surface area contributed by atoms with Gasteiger partial charge in [-0.25, -0.2) is 9.69 Å². The van der Waals surface area contributed by atoms with E-state index in [0.29, 0.717) is 17.0 Å². The first-order valence-corrected chi connectivity index (χ1v) is 9.71. The molecule has 0 aliphatic carbocycles. The van der Waals surface area contributed by atoms with Crippen molar-refractivity contribution in [2.75, 3.05) is 4.90 Å². The lowest BCUT2D eigenvalue weighted by Gasteiger charge is -2.26. The molecule has 4 rings (SSSR count). The van der Waals surface area contributed by atoms with E-state index in [2.05, 4.69) is 21.2 Å². The summed E-state index contributed by atoms with van der Waals surface area (Å²) < 4.78 is 6.44. The third-order valence-electron chi connectivity index (χ3n) is 4.51. The lowest BCUT2D eigenvalue weighted by molar-refractivity contribution is -0.255. The van der Waals surface area contributed by atoms with Gasteiger partial charge in [0.15, 0.2) is 0 Å². The van der Waals surface area contributed by atoms with Crippen LogP contribution in [0.1, 0.15) is 16.1 Å². The van der Waals surface area contributed by atoms with E-state index in [1.165, 1.54) is 18.2 Å². The first-order chi connectivity index (χ1) is 14.8. The zero-order chi connectivity index (χ0) is 22.1. The van der Waals surface area contributed by atoms with Crippen LogP contribution < -0.4 is 15.3 Å². The Balaban J connectivity index is 1.63. The molecule has 0 atom stereocenters. The number of rotatable bonds is 4. The van der Waals surface area contributed by atoms with Gasteiger partial charge in [0.1, 0.15) is 17.1 Å². The van der Waals surface area contributed by atoms with Crippen molar-refractivity contribution in [3.8, 4) is 11.3 Å². The number of nitrogens with one attached hydrogen (secondary N) is 1. The molecule has 0 radical (unpaired) electrons. The van der Waals surface area contributed by atoms with Crippen LogP contribution >= 0.6 is 15.9 Å². The molecule has 4 amide bonds. The van der Waals surface area contributed by atoms with Gasteiger partial charge in [-0.2, -0.15) is 0 Å². The van der Waals surface area contributed by atoms with E-state index in [9.17, 15) is 24.3 Å². The van der Waals surface area contributed by atoms with Crippen molar-refractivity contribution < 1.29 is 28.7 Å². The number of nitrogens with zero attached hydrogens (tertiary/aromatic N) is 1. The number of hydrogen-bond donors (Lipinski definition) is 1. The number of benzene rings is 2. The minimum Gasteiger partial charge on any atom is -0.545 e. The molecule has 9 heteroatoms. The first kappa shape index (κ1) is 20.3. The molecule has 2 aromatic carbocycles. The molecular formula is C22H12BrN2O6-.